The SMILES string of the molecule is C=C/C(=C/C(NC(=C)[C@H](C)OC)N(CCS(=O)O)OC)NCC. The van der Waals surface area contributed by atoms with Gasteiger partial charge in [0.15, 0.2) is 11.1 Å². The molecule has 2 unspecified atom stereocenters. The molecule has 0 rings (SSSR count). The van der Waals surface area contributed by atoms with Crippen LogP contribution >= 0.6 is 0 Å². The van der Waals surface area contributed by atoms with Crippen LogP contribution in [0.1, 0.15) is 13.8 Å². The van der Waals surface area contributed by atoms with Gasteiger partial charge in [-0.05, 0) is 26.0 Å². The second-order valence-electron chi connectivity index (χ2n) is 4.70. The molecule has 3 atom stereocenters. The smallest absolute Gasteiger partial charge is 0.154 e. The van der Waals surface area contributed by atoms with Gasteiger partial charge in [0.05, 0.1) is 19.0 Å². The predicted molar refractivity (Wildman–Crippen MR) is 93.8 cm³/mol. The Hall–Kier alpha value is -1.19. The largest absolute Gasteiger partial charge is 0.385 e. The van der Waals surface area contributed by atoms with Gasteiger partial charge in [0.25, 0.3) is 0 Å². The fourth-order valence-corrected chi connectivity index (χ4v) is 2.07. The van der Waals surface area contributed by atoms with E-state index < -0.39 is 17.2 Å². The van der Waals surface area contributed by atoms with E-state index in [1.165, 1.54) is 7.11 Å². The molecule has 0 spiro atoms. The van der Waals surface area contributed by atoms with E-state index in [0.717, 1.165) is 12.2 Å². The Morgan fingerprint density at radius 2 is 2.13 bits per heavy atom. The zero-order valence-corrected chi connectivity index (χ0v) is 15.2. The molecule has 0 aromatic rings. The van der Waals surface area contributed by atoms with Crippen molar-refractivity contribution in [1.82, 2.24) is 15.7 Å². The summed E-state index contributed by atoms with van der Waals surface area (Å²) >= 11 is -1.90. The lowest BCUT2D eigenvalue weighted by atomic mass is 10.2. The topological polar surface area (TPSA) is 83.1 Å². The molecule has 7 nitrogen and oxygen atoms in total. The van der Waals surface area contributed by atoms with Gasteiger partial charge in [0, 0.05) is 31.6 Å². The monoisotopic (exact) mass is 347 g/mol. The van der Waals surface area contributed by atoms with Crippen LogP contribution in [0.15, 0.2) is 36.7 Å². The third kappa shape index (κ3) is 8.87. The Balaban J connectivity index is 5.27. The Labute approximate surface area is 141 Å². The first-order valence-corrected chi connectivity index (χ1v) is 8.61. The molecule has 0 saturated heterocycles. The Morgan fingerprint density at radius 3 is 2.57 bits per heavy atom. The Kier molecular flexibility index (Phi) is 11.6. The zero-order chi connectivity index (χ0) is 17.8. The Morgan fingerprint density at radius 1 is 1.48 bits per heavy atom. The summed E-state index contributed by atoms with van der Waals surface area (Å²) in [6.07, 6.45) is 2.97. The lowest BCUT2D eigenvalue weighted by molar-refractivity contribution is -0.152. The molecular formula is C15H29N3O4S. The van der Waals surface area contributed by atoms with E-state index in [9.17, 15) is 4.21 Å². The van der Waals surface area contributed by atoms with Crippen molar-refractivity contribution in [2.75, 3.05) is 33.1 Å². The van der Waals surface area contributed by atoms with E-state index in [-0.39, 0.29) is 18.4 Å². The van der Waals surface area contributed by atoms with Crippen molar-refractivity contribution < 1.29 is 18.3 Å². The van der Waals surface area contributed by atoms with Gasteiger partial charge in [-0.3, -0.25) is 4.84 Å². The van der Waals surface area contributed by atoms with Gasteiger partial charge in [0.2, 0.25) is 0 Å². The molecule has 0 fully saturated rings. The molecule has 3 N–H and O–H groups in total. The summed E-state index contributed by atoms with van der Waals surface area (Å²) in [7, 11) is 3.10. The number of nitrogens with one attached hydrogen (secondary N) is 2. The van der Waals surface area contributed by atoms with Gasteiger partial charge in [-0.2, -0.15) is 5.06 Å². The Bertz CT molecular complexity index is 429. The molecule has 0 amide bonds. The van der Waals surface area contributed by atoms with Gasteiger partial charge in [-0.1, -0.05) is 13.2 Å². The second kappa shape index (κ2) is 12.3. The molecule has 0 heterocycles. The first-order chi connectivity index (χ1) is 10.9. The van der Waals surface area contributed by atoms with E-state index >= 15 is 0 Å². The third-order valence-corrected chi connectivity index (χ3v) is 3.68. The first-order valence-electron chi connectivity index (χ1n) is 7.33. The van der Waals surface area contributed by atoms with Crippen LogP contribution in [0.2, 0.25) is 0 Å². The van der Waals surface area contributed by atoms with E-state index in [1.54, 1.807) is 18.2 Å². The lowest BCUT2D eigenvalue weighted by Crippen LogP contribution is -2.46. The van der Waals surface area contributed by atoms with Crippen LogP contribution in [0.4, 0.5) is 0 Å². The number of likely N-dealkylation sites (N-methyl/N-ethyl adjacent to an activating group) is 1. The minimum absolute atomic E-state index is 0.0663. The van der Waals surface area contributed by atoms with Crippen LogP contribution in [0.25, 0.3) is 0 Å². The fraction of sp³-hybridized carbons (Fsp3) is 0.600. The molecular weight excluding hydrogens is 318 g/mol. The second-order valence-corrected chi connectivity index (χ2v) is 5.75. The standard InChI is InChI=1S/C15H29N3O4S/c1-7-14(16-8-2)11-15(17-12(3)13(4)21-5)18(22-6)9-10-23(19)20/h7,11,13,15-17H,1,3,8-10H2,2,4-6H3,(H,19,20)/b14-11-/t13-,15?/m0/s1. The molecule has 134 valence electrons. The van der Waals surface area contributed by atoms with Crippen LogP contribution in [-0.4, -0.2) is 59.2 Å². The van der Waals surface area contributed by atoms with Crippen LogP contribution in [-0.2, 0) is 20.7 Å². The first kappa shape index (κ1) is 21.8. The summed E-state index contributed by atoms with van der Waals surface area (Å²) in [4.78, 5) is 5.34. The molecule has 0 aliphatic carbocycles. The van der Waals surface area contributed by atoms with Crippen molar-refractivity contribution in [2.45, 2.75) is 26.1 Å². The average molecular weight is 347 g/mol. The highest BCUT2D eigenvalue weighted by molar-refractivity contribution is 7.79. The number of methoxy groups -OCH3 is 1. The minimum Gasteiger partial charge on any atom is -0.385 e. The minimum atomic E-state index is -1.90. The number of ether oxygens (including phenoxy) is 1. The van der Waals surface area contributed by atoms with Crippen molar-refractivity contribution in [3.63, 3.8) is 0 Å². The number of nitrogens with zero attached hydrogens (tertiary/aromatic N) is 1. The van der Waals surface area contributed by atoms with Gasteiger partial charge in [0.1, 0.15) is 6.17 Å². The lowest BCUT2D eigenvalue weighted by Gasteiger charge is -2.30. The van der Waals surface area contributed by atoms with E-state index in [1.807, 2.05) is 19.9 Å². The summed E-state index contributed by atoms with van der Waals surface area (Å²) < 4.78 is 25.2. The van der Waals surface area contributed by atoms with Crippen LogP contribution in [0, 0.1) is 0 Å². The van der Waals surface area contributed by atoms with Crippen molar-refractivity contribution in [1.29, 1.82) is 0 Å². The summed E-state index contributed by atoms with van der Waals surface area (Å²) in [5, 5.41) is 7.93. The maximum Gasteiger partial charge on any atom is 0.154 e. The summed E-state index contributed by atoms with van der Waals surface area (Å²) in [5.74, 6) is 0.0663. The molecule has 0 aliphatic rings. The van der Waals surface area contributed by atoms with Crippen molar-refractivity contribution in [2.24, 2.45) is 0 Å². The average Bonchev–Trinajstić information content (AvgIpc) is 2.53. The molecule has 0 aromatic heterocycles. The highest BCUT2D eigenvalue weighted by Crippen LogP contribution is 2.08. The van der Waals surface area contributed by atoms with Crippen LogP contribution in [0.3, 0.4) is 0 Å². The zero-order valence-electron chi connectivity index (χ0n) is 14.4. The predicted octanol–water partition coefficient (Wildman–Crippen LogP) is 1.22. The highest BCUT2D eigenvalue weighted by atomic mass is 32.2. The van der Waals surface area contributed by atoms with E-state index in [2.05, 4.69) is 23.8 Å². The number of hydroxylamine groups is 2. The number of rotatable bonds is 13. The number of hydrogen-bond donors (Lipinski definition) is 3. The maximum absolute atomic E-state index is 10.9. The quantitative estimate of drug-likeness (QED) is 0.200. The van der Waals surface area contributed by atoms with Crippen molar-refractivity contribution in [3.05, 3.63) is 36.7 Å². The van der Waals surface area contributed by atoms with Gasteiger partial charge in [-0.25, -0.2) is 4.21 Å². The van der Waals surface area contributed by atoms with Crippen molar-refractivity contribution in [3.8, 4) is 0 Å². The maximum atomic E-state index is 10.9. The van der Waals surface area contributed by atoms with Gasteiger partial charge >= 0.3 is 0 Å². The number of hydrogen-bond acceptors (Lipinski definition) is 6. The third-order valence-electron chi connectivity index (χ3n) is 3.15. The normalized spacial score (nSPS) is 15.8. The number of allylic oxidation sites excluding steroid dienone is 1. The van der Waals surface area contributed by atoms with E-state index in [0.29, 0.717) is 5.70 Å². The van der Waals surface area contributed by atoms with Crippen LogP contribution in [0.5, 0.6) is 0 Å². The molecule has 0 aliphatic heterocycles. The summed E-state index contributed by atoms with van der Waals surface area (Å²) in [5.41, 5.74) is 1.48. The van der Waals surface area contributed by atoms with Crippen LogP contribution < -0.4 is 10.6 Å². The molecule has 0 radical (unpaired) electrons. The van der Waals surface area contributed by atoms with Gasteiger partial charge in [-0.15, -0.1) is 0 Å². The molecule has 23 heavy (non-hydrogen) atoms. The van der Waals surface area contributed by atoms with Gasteiger partial charge < -0.3 is 19.9 Å². The summed E-state index contributed by atoms with van der Waals surface area (Å²) in [6.45, 7) is 12.6. The van der Waals surface area contributed by atoms with E-state index in [4.69, 9.17) is 14.1 Å². The highest BCUT2D eigenvalue weighted by Gasteiger charge is 2.19. The summed E-state index contributed by atoms with van der Waals surface area (Å²) in [6, 6.07) is 0. The molecule has 0 saturated carbocycles. The molecule has 0 bridgehead atoms. The fourth-order valence-electron chi connectivity index (χ4n) is 1.73. The molecule has 0 aromatic carbocycles. The molecule has 8 heteroatoms. The van der Waals surface area contributed by atoms with Crippen molar-refractivity contribution >= 4 is 11.1 Å².